The Hall–Kier alpha value is -2.89. The van der Waals surface area contributed by atoms with E-state index in [4.69, 9.17) is 9.72 Å². The second kappa shape index (κ2) is 9.94. The molecule has 4 rings (SSSR count). The Bertz CT molecular complexity index is 947. The van der Waals surface area contributed by atoms with E-state index in [1.165, 1.54) is 6.42 Å². The molecule has 1 aliphatic carbocycles. The predicted octanol–water partition coefficient (Wildman–Crippen LogP) is 6.13. The van der Waals surface area contributed by atoms with Crippen molar-refractivity contribution in [1.29, 1.82) is 0 Å². The molecule has 1 aromatic heterocycles. The number of rotatable bonds is 4. The van der Waals surface area contributed by atoms with Gasteiger partial charge >= 0.3 is 6.09 Å². The Balaban J connectivity index is 1.55. The van der Waals surface area contributed by atoms with E-state index in [0.29, 0.717) is 11.4 Å². The lowest BCUT2D eigenvalue weighted by molar-refractivity contribution is 0.0556. The van der Waals surface area contributed by atoms with Gasteiger partial charge in [-0.05, 0) is 70.2 Å². The third-order valence-corrected chi connectivity index (χ3v) is 6.47. The molecule has 0 N–H and O–H groups in total. The monoisotopic (exact) mass is 449 g/mol. The number of ether oxygens (including phenoxy) is 1. The number of hydrogen-bond donors (Lipinski definition) is 0. The normalized spacial score (nSPS) is 19.4. The van der Waals surface area contributed by atoms with Gasteiger partial charge in [-0.2, -0.15) is 0 Å². The number of benzene rings is 1. The van der Waals surface area contributed by atoms with Crippen molar-refractivity contribution in [3.05, 3.63) is 59.8 Å². The molecule has 2 aliphatic rings. The summed E-state index contributed by atoms with van der Waals surface area (Å²) in [7, 11) is 0. The molecule has 1 saturated carbocycles. The van der Waals surface area contributed by atoms with Crippen LogP contribution in [0.2, 0.25) is 0 Å². The molecule has 0 radical (unpaired) electrons. The standard InChI is InChI=1S/C27H35N3O3/c1-27(2,3)33-26(32)30(22-13-8-5-9-14-22)24-17-16-21(19-28-24)23-15-10-18-29(23)25(31)20-11-6-4-7-12-20/h4,6-7,11-12,16-17,19,22-23H,5,8-10,13-15,18H2,1-3H3/t23-/m0/s1. The Kier molecular flexibility index (Phi) is 7.01. The van der Waals surface area contributed by atoms with Crippen LogP contribution < -0.4 is 4.90 Å². The number of anilines is 1. The molecule has 0 spiro atoms. The molecule has 2 amide bonds. The molecular formula is C27H35N3O3. The Morgan fingerprint density at radius 1 is 0.970 bits per heavy atom. The van der Waals surface area contributed by atoms with E-state index in [2.05, 4.69) is 0 Å². The van der Waals surface area contributed by atoms with E-state index in [1.54, 1.807) is 4.90 Å². The number of amides is 2. The summed E-state index contributed by atoms with van der Waals surface area (Å²) >= 11 is 0. The van der Waals surface area contributed by atoms with E-state index in [0.717, 1.165) is 50.6 Å². The molecule has 1 atom stereocenters. The van der Waals surface area contributed by atoms with Gasteiger partial charge in [0.1, 0.15) is 11.4 Å². The van der Waals surface area contributed by atoms with E-state index < -0.39 is 5.60 Å². The van der Waals surface area contributed by atoms with Crippen molar-refractivity contribution in [2.24, 2.45) is 0 Å². The van der Waals surface area contributed by atoms with Crippen LogP contribution in [0.4, 0.5) is 10.6 Å². The first-order valence-corrected chi connectivity index (χ1v) is 12.2. The van der Waals surface area contributed by atoms with Crippen LogP contribution in [0.1, 0.15) is 87.7 Å². The minimum atomic E-state index is -0.563. The average molecular weight is 450 g/mol. The molecule has 1 aliphatic heterocycles. The van der Waals surface area contributed by atoms with Crippen LogP contribution in [0.25, 0.3) is 0 Å². The minimum Gasteiger partial charge on any atom is -0.443 e. The largest absolute Gasteiger partial charge is 0.443 e. The molecule has 6 nitrogen and oxygen atoms in total. The van der Waals surface area contributed by atoms with Crippen molar-refractivity contribution in [3.63, 3.8) is 0 Å². The fourth-order valence-corrected chi connectivity index (χ4v) is 4.92. The molecule has 176 valence electrons. The van der Waals surface area contributed by atoms with E-state index in [9.17, 15) is 9.59 Å². The van der Waals surface area contributed by atoms with Crippen molar-refractivity contribution in [2.75, 3.05) is 11.4 Å². The first kappa shape index (κ1) is 23.3. The molecular weight excluding hydrogens is 414 g/mol. The molecule has 0 unspecified atom stereocenters. The maximum absolute atomic E-state index is 13.1. The maximum atomic E-state index is 13.1. The van der Waals surface area contributed by atoms with Crippen LogP contribution in [0.5, 0.6) is 0 Å². The molecule has 33 heavy (non-hydrogen) atoms. The summed E-state index contributed by atoms with van der Waals surface area (Å²) in [5, 5.41) is 0. The molecule has 2 aromatic rings. The van der Waals surface area contributed by atoms with Crippen LogP contribution in [-0.4, -0.2) is 40.1 Å². The Morgan fingerprint density at radius 3 is 2.33 bits per heavy atom. The molecule has 2 fully saturated rings. The fraction of sp³-hybridized carbons (Fsp3) is 0.519. The SMILES string of the molecule is CC(C)(C)OC(=O)N(c1ccc([C@@H]2CCCN2C(=O)c2ccccc2)cn1)C1CCCCC1. The highest BCUT2D eigenvalue weighted by Crippen LogP contribution is 2.34. The number of carbonyl (C=O) groups is 2. The van der Waals surface area contributed by atoms with Crippen LogP contribution in [0, 0.1) is 0 Å². The molecule has 6 heteroatoms. The second-order valence-electron chi connectivity index (χ2n) is 10.1. The maximum Gasteiger partial charge on any atom is 0.416 e. The zero-order valence-corrected chi connectivity index (χ0v) is 20.0. The van der Waals surface area contributed by atoms with Gasteiger partial charge in [0.05, 0.1) is 6.04 Å². The van der Waals surface area contributed by atoms with Gasteiger partial charge in [0.2, 0.25) is 0 Å². The quantitative estimate of drug-likeness (QED) is 0.563. The van der Waals surface area contributed by atoms with Gasteiger partial charge in [-0.1, -0.05) is 43.5 Å². The highest BCUT2D eigenvalue weighted by atomic mass is 16.6. The van der Waals surface area contributed by atoms with Crippen LogP contribution in [-0.2, 0) is 4.74 Å². The van der Waals surface area contributed by atoms with E-state index in [-0.39, 0.29) is 24.1 Å². The first-order valence-electron chi connectivity index (χ1n) is 12.2. The van der Waals surface area contributed by atoms with Gasteiger partial charge in [0.15, 0.2) is 0 Å². The smallest absolute Gasteiger partial charge is 0.416 e. The highest BCUT2D eigenvalue weighted by Gasteiger charge is 2.33. The summed E-state index contributed by atoms with van der Waals surface area (Å²) in [5.41, 5.74) is 1.15. The second-order valence-corrected chi connectivity index (χ2v) is 10.1. The van der Waals surface area contributed by atoms with Crippen LogP contribution in [0.3, 0.4) is 0 Å². The van der Waals surface area contributed by atoms with E-state index in [1.807, 2.05) is 74.3 Å². The van der Waals surface area contributed by atoms with Crippen molar-refractivity contribution in [2.45, 2.75) is 83.4 Å². The number of pyridine rings is 1. The summed E-state index contributed by atoms with van der Waals surface area (Å²) in [6.45, 7) is 6.41. The van der Waals surface area contributed by atoms with Crippen molar-refractivity contribution >= 4 is 17.8 Å². The zero-order valence-electron chi connectivity index (χ0n) is 20.0. The summed E-state index contributed by atoms with van der Waals surface area (Å²) in [6, 6.07) is 13.5. The summed E-state index contributed by atoms with van der Waals surface area (Å²) in [6.07, 6.45) is 8.73. The lowest BCUT2D eigenvalue weighted by atomic mass is 9.94. The van der Waals surface area contributed by atoms with E-state index >= 15 is 0 Å². The Labute approximate surface area is 196 Å². The van der Waals surface area contributed by atoms with Gasteiger partial charge in [-0.25, -0.2) is 9.78 Å². The van der Waals surface area contributed by atoms with Gasteiger partial charge in [0.25, 0.3) is 5.91 Å². The lowest BCUT2D eigenvalue weighted by Crippen LogP contribution is -2.45. The summed E-state index contributed by atoms with van der Waals surface area (Å²) < 4.78 is 5.73. The average Bonchev–Trinajstić information content (AvgIpc) is 3.29. The minimum absolute atomic E-state index is 0.00362. The summed E-state index contributed by atoms with van der Waals surface area (Å²) in [5.74, 6) is 0.679. The van der Waals surface area contributed by atoms with Crippen molar-refractivity contribution < 1.29 is 14.3 Å². The third-order valence-electron chi connectivity index (χ3n) is 6.47. The first-order chi connectivity index (χ1) is 15.8. The van der Waals surface area contributed by atoms with Crippen molar-refractivity contribution in [3.8, 4) is 0 Å². The predicted molar refractivity (Wildman–Crippen MR) is 129 cm³/mol. The zero-order chi connectivity index (χ0) is 23.4. The van der Waals surface area contributed by atoms with Gasteiger partial charge < -0.3 is 9.64 Å². The van der Waals surface area contributed by atoms with Crippen LogP contribution >= 0.6 is 0 Å². The third kappa shape index (κ3) is 5.55. The molecule has 1 saturated heterocycles. The Morgan fingerprint density at radius 2 is 1.70 bits per heavy atom. The number of carbonyl (C=O) groups excluding carboxylic acids is 2. The molecule has 2 heterocycles. The van der Waals surface area contributed by atoms with Gasteiger partial charge in [-0.15, -0.1) is 0 Å². The highest BCUT2D eigenvalue weighted by molar-refractivity contribution is 5.94. The molecule has 1 aromatic carbocycles. The fourth-order valence-electron chi connectivity index (χ4n) is 4.92. The molecule has 0 bridgehead atoms. The number of likely N-dealkylation sites (tertiary alicyclic amines) is 1. The number of aromatic nitrogens is 1. The van der Waals surface area contributed by atoms with Crippen molar-refractivity contribution in [1.82, 2.24) is 9.88 Å². The van der Waals surface area contributed by atoms with Gasteiger partial charge in [0, 0.05) is 24.3 Å². The topological polar surface area (TPSA) is 62.7 Å². The lowest BCUT2D eigenvalue weighted by Gasteiger charge is -2.35. The van der Waals surface area contributed by atoms with Crippen LogP contribution in [0.15, 0.2) is 48.7 Å². The number of nitrogens with zero attached hydrogens (tertiary/aromatic N) is 3. The summed E-state index contributed by atoms with van der Waals surface area (Å²) in [4.78, 5) is 34.6. The number of hydrogen-bond acceptors (Lipinski definition) is 4. The van der Waals surface area contributed by atoms with Gasteiger partial charge in [-0.3, -0.25) is 9.69 Å².